The maximum Gasteiger partial charge on any atom is 0.270 e. The Morgan fingerprint density at radius 2 is 2.29 bits per heavy atom. The number of allylic oxidation sites excluding steroid dienone is 1. The second kappa shape index (κ2) is 3.87. The predicted octanol–water partition coefficient (Wildman–Crippen LogP) is 2.84. The van der Waals surface area contributed by atoms with E-state index in [2.05, 4.69) is 19.8 Å². The molecule has 0 saturated carbocycles. The van der Waals surface area contributed by atoms with Crippen LogP contribution in [0.1, 0.15) is 23.4 Å². The Morgan fingerprint density at radius 3 is 3.06 bits per heavy atom. The highest BCUT2D eigenvalue weighted by atomic mass is 14.9. The van der Waals surface area contributed by atoms with E-state index in [9.17, 15) is 0 Å². The number of aromatic nitrogens is 3. The summed E-state index contributed by atoms with van der Waals surface area (Å²) in [5.74, 6) is 0.457. The summed E-state index contributed by atoms with van der Waals surface area (Å²) < 4.78 is 0. The molecule has 0 aromatic carbocycles. The van der Waals surface area contributed by atoms with Crippen LogP contribution in [0.25, 0.3) is 16.5 Å². The average Bonchev–Trinajstić information content (AvgIpc) is 2.99. The number of rotatable bonds is 1. The number of hydrogen-bond donors (Lipinski definition) is 1. The maximum absolute atomic E-state index is 6.99. The van der Waals surface area contributed by atoms with Gasteiger partial charge in [-0.2, -0.15) is 0 Å². The van der Waals surface area contributed by atoms with Crippen molar-refractivity contribution in [3.8, 4) is 0 Å². The van der Waals surface area contributed by atoms with Crippen LogP contribution in [0.5, 0.6) is 0 Å². The van der Waals surface area contributed by atoms with E-state index in [4.69, 9.17) is 6.57 Å². The van der Waals surface area contributed by atoms with Gasteiger partial charge in [0.1, 0.15) is 0 Å². The third kappa shape index (κ3) is 1.72. The van der Waals surface area contributed by atoms with Crippen molar-refractivity contribution in [2.75, 3.05) is 0 Å². The number of H-pyrrole nitrogens is 1. The topological polar surface area (TPSA) is 45.9 Å². The van der Waals surface area contributed by atoms with Crippen molar-refractivity contribution in [3.63, 3.8) is 0 Å². The van der Waals surface area contributed by atoms with Gasteiger partial charge in [-0.3, -0.25) is 0 Å². The van der Waals surface area contributed by atoms with E-state index in [0.29, 0.717) is 5.82 Å². The molecule has 1 N–H and O–H groups in total. The van der Waals surface area contributed by atoms with Crippen LogP contribution in [0.3, 0.4) is 0 Å². The Bertz CT molecular complexity index is 617. The molecule has 3 rings (SSSR count). The van der Waals surface area contributed by atoms with Crippen LogP contribution < -0.4 is 0 Å². The largest absolute Gasteiger partial charge is 0.361 e. The first-order valence-electron chi connectivity index (χ1n) is 5.44. The molecule has 82 valence electrons. The number of fused-ring (bicyclic) bond motifs is 1. The summed E-state index contributed by atoms with van der Waals surface area (Å²) in [7, 11) is 0. The monoisotopic (exact) mass is 222 g/mol. The summed E-state index contributed by atoms with van der Waals surface area (Å²) in [5.41, 5.74) is 4.25. The number of nitrogens with zero attached hydrogens (tertiary/aromatic N) is 3. The van der Waals surface area contributed by atoms with Crippen molar-refractivity contribution in [2.45, 2.75) is 12.8 Å². The number of imidazole rings is 1. The van der Waals surface area contributed by atoms with Crippen LogP contribution in [-0.2, 0) is 6.42 Å². The van der Waals surface area contributed by atoms with Crippen LogP contribution in [-0.4, -0.2) is 15.0 Å². The lowest BCUT2D eigenvalue weighted by molar-refractivity contribution is 1.08. The second-order valence-corrected chi connectivity index (χ2v) is 3.95. The number of hydrogen-bond acceptors (Lipinski definition) is 2. The van der Waals surface area contributed by atoms with Gasteiger partial charge in [-0.25, -0.2) is 4.98 Å². The number of pyridine rings is 1. The maximum atomic E-state index is 6.99. The van der Waals surface area contributed by atoms with Crippen LogP contribution in [0.4, 0.5) is 5.82 Å². The van der Waals surface area contributed by atoms with E-state index >= 15 is 0 Å². The summed E-state index contributed by atoms with van der Waals surface area (Å²) in [6.45, 7) is 6.99. The van der Waals surface area contributed by atoms with Gasteiger partial charge in [0, 0.05) is 17.3 Å². The average molecular weight is 222 g/mol. The van der Waals surface area contributed by atoms with Gasteiger partial charge in [-0.1, -0.05) is 12.6 Å². The fourth-order valence-electron chi connectivity index (χ4n) is 2.08. The third-order valence-corrected chi connectivity index (χ3v) is 2.89. The normalized spacial score (nSPS) is 15.8. The predicted molar refractivity (Wildman–Crippen MR) is 65.3 cm³/mol. The van der Waals surface area contributed by atoms with E-state index in [0.717, 1.165) is 29.8 Å². The summed E-state index contributed by atoms with van der Waals surface area (Å²) in [4.78, 5) is 14.8. The molecule has 0 radical (unpaired) electrons. The quantitative estimate of drug-likeness (QED) is 0.754. The Balaban J connectivity index is 2.06. The Morgan fingerprint density at radius 1 is 1.35 bits per heavy atom. The molecule has 0 bridgehead atoms. The van der Waals surface area contributed by atoms with Gasteiger partial charge in [0.15, 0.2) is 5.69 Å². The van der Waals surface area contributed by atoms with E-state index in [-0.39, 0.29) is 0 Å². The highest BCUT2D eigenvalue weighted by Crippen LogP contribution is 2.33. The summed E-state index contributed by atoms with van der Waals surface area (Å²) >= 11 is 0. The first kappa shape index (κ1) is 9.79. The number of nitrogens with one attached hydrogen (secondary N) is 1. The van der Waals surface area contributed by atoms with Gasteiger partial charge in [0.05, 0.1) is 12.0 Å². The molecule has 0 spiro atoms. The van der Waals surface area contributed by atoms with Crippen LogP contribution >= 0.6 is 0 Å². The highest BCUT2D eigenvalue weighted by molar-refractivity contribution is 5.83. The lowest BCUT2D eigenvalue weighted by Crippen LogP contribution is -1.86. The molecule has 4 heteroatoms. The van der Waals surface area contributed by atoms with Gasteiger partial charge in [0.2, 0.25) is 0 Å². The minimum Gasteiger partial charge on any atom is -0.361 e. The molecule has 0 saturated heterocycles. The Kier molecular flexibility index (Phi) is 2.23. The molecular weight excluding hydrogens is 212 g/mol. The van der Waals surface area contributed by atoms with Crippen molar-refractivity contribution < 1.29 is 0 Å². The second-order valence-electron chi connectivity index (χ2n) is 3.95. The molecule has 0 aliphatic heterocycles. The molecule has 2 aromatic heterocycles. The molecular formula is C13H10N4. The zero-order valence-electron chi connectivity index (χ0n) is 9.14. The highest BCUT2D eigenvalue weighted by Gasteiger charge is 2.21. The standard InChI is InChI=1S/C13H10N4/c1-14-12-5-4-9-2-3-10(13(9)17-12)6-11-7-15-8-16-11/h4-8H,2-3H2,(H,15,16)/b10-6+. The Hall–Kier alpha value is -2.41. The Labute approximate surface area is 98.9 Å². The van der Waals surface area contributed by atoms with Gasteiger partial charge < -0.3 is 9.83 Å². The molecule has 4 nitrogen and oxygen atoms in total. The lowest BCUT2D eigenvalue weighted by Gasteiger charge is -1.96. The van der Waals surface area contributed by atoms with Crippen molar-refractivity contribution >= 4 is 17.5 Å². The van der Waals surface area contributed by atoms with Crippen molar-refractivity contribution in [3.05, 3.63) is 53.0 Å². The van der Waals surface area contributed by atoms with Crippen molar-refractivity contribution in [2.24, 2.45) is 0 Å². The molecule has 0 unspecified atom stereocenters. The molecule has 2 aromatic rings. The molecule has 1 aliphatic rings. The SMILES string of the molecule is [C-]#[N+]c1ccc2c(n1)/C(=C/c1c[nH]cn1)CC2. The summed E-state index contributed by atoms with van der Waals surface area (Å²) in [6.07, 6.45) is 7.51. The smallest absolute Gasteiger partial charge is 0.270 e. The molecule has 0 fully saturated rings. The van der Waals surface area contributed by atoms with Crippen molar-refractivity contribution in [1.82, 2.24) is 15.0 Å². The minimum absolute atomic E-state index is 0.457. The molecule has 1 aliphatic carbocycles. The van der Waals surface area contributed by atoms with Gasteiger partial charge in [-0.05, 0) is 25.0 Å². The lowest BCUT2D eigenvalue weighted by atomic mass is 10.1. The van der Waals surface area contributed by atoms with E-state index in [1.54, 1.807) is 12.4 Å². The van der Waals surface area contributed by atoms with E-state index in [1.165, 1.54) is 5.56 Å². The van der Waals surface area contributed by atoms with Crippen LogP contribution in [0.15, 0.2) is 24.7 Å². The van der Waals surface area contributed by atoms with Gasteiger partial charge in [0.25, 0.3) is 5.82 Å². The molecule has 0 amide bonds. The molecule has 0 atom stereocenters. The zero-order chi connectivity index (χ0) is 11.7. The third-order valence-electron chi connectivity index (χ3n) is 2.89. The fraction of sp³-hybridized carbons (Fsp3) is 0.154. The molecule has 2 heterocycles. The first-order chi connectivity index (χ1) is 8.36. The summed E-state index contributed by atoms with van der Waals surface area (Å²) in [6, 6.07) is 3.78. The number of aromatic amines is 1. The van der Waals surface area contributed by atoms with Gasteiger partial charge in [-0.15, -0.1) is 4.98 Å². The van der Waals surface area contributed by atoms with Gasteiger partial charge >= 0.3 is 0 Å². The van der Waals surface area contributed by atoms with Crippen LogP contribution in [0.2, 0.25) is 0 Å². The van der Waals surface area contributed by atoms with Crippen molar-refractivity contribution in [1.29, 1.82) is 0 Å². The zero-order valence-corrected chi connectivity index (χ0v) is 9.14. The number of aryl methyl sites for hydroxylation is 1. The minimum atomic E-state index is 0.457. The van der Waals surface area contributed by atoms with Crippen LogP contribution in [0, 0.1) is 6.57 Å². The first-order valence-corrected chi connectivity index (χ1v) is 5.44. The summed E-state index contributed by atoms with van der Waals surface area (Å²) in [5, 5.41) is 0. The van der Waals surface area contributed by atoms with E-state index in [1.807, 2.05) is 18.3 Å². The fourth-order valence-corrected chi connectivity index (χ4v) is 2.08. The molecule has 17 heavy (non-hydrogen) atoms. The van der Waals surface area contributed by atoms with E-state index < -0.39 is 0 Å².